The van der Waals surface area contributed by atoms with Gasteiger partial charge in [0.15, 0.2) is 0 Å². The van der Waals surface area contributed by atoms with Gasteiger partial charge in [0, 0.05) is 18.1 Å². The Bertz CT molecular complexity index is 122. The molecule has 0 bridgehead atoms. The average molecular weight is 197 g/mol. The SMILES string of the molecule is O=C(O)[C@H](CS)NCCSO. The molecule has 0 radical (unpaired) electrons. The molecule has 0 aromatic rings. The third-order valence-electron chi connectivity index (χ3n) is 1.06. The van der Waals surface area contributed by atoms with Gasteiger partial charge in [-0.1, -0.05) is 0 Å². The summed E-state index contributed by atoms with van der Waals surface area (Å²) in [7, 11) is 0. The maximum atomic E-state index is 10.3. The first-order valence-corrected chi connectivity index (χ1v) is 4.63. The lowest BCUT2D eigenvalue weighted by Crippen LogP contribution is -2.39. The van der Waals surface area contributed by atoms with Crippen LogP contribution in [0.1, 0.15) is 0 Å². The summed E-state index contributed by atoms with van der Waals surface area (Å²) in [5.74, 6) is -0.175. The zero-order valence-electron chi connectivity index (χ0n) is 5.86. The van der Waals surface area contributed by atoms with E-state index in [9.17, 15) is 4.79 Å². The molecule has 66 valence electrons. The average Bonchev–Trinajstić information content (AvgIpc) is 1.97. The predicted octanol–water partition coefficient (Wildman–Crippen LogP) is 0.165. The van der Waals surface area contributed by atoms with E-state index in [0.717, 1.165) is 0 Å². The van der Waals surface area contributed by atoms with E-state index in [1.54, 1.807) is 0 Å². The van der Waals surface area contributed by atoms with E-state index in [0.29, 0.717) is 24.3 Å². The molecule has 6 heteroatoms. The molecule has 0 unspecified atom stereocenters. The summed E-state index contributed by atoms with van der Waals surface area (Å²) in [6.45, 7) is 0.471. The monoisotopic (exact) mass is 197 g/mol. The number of rotatable bonds is 6. The maximum Gasteiger partial charge on any atom is 0.321 e. The van der Waals surface area contributed by atoms with Crippen LogP contribution in [0.25, 0.3) is 0 Å². The molecule has 0 aliphatic rings. The first kappa shape index (κ1) is 11.1. The van der Waals surface area contributed by atoms with Gasteiger partial charge in [0.2, 0.25) is 0 Å². The number of hydrogen-bond donors (Lipinski definition) is 4. The summed E-state index contributed by atoms with van der Waals surface area (Å²) in [4.78, 5) is 10.3. The van der Waals surface area contributed by atoms with E-state index in [-0.39, 0.29) is 5.75 Å². The molecule has 11 heavy (non-hydrogen) atoms. The predicted molar refractivity (Wildman–Crippen MR) is 48.4 cm³/mol. The highest BCUT2D eigenvalue weighted by Gasteiger charge is 2.13. The molecule has 0 amide bonds. The molecule has 4 nitrogen and oxygen atoms in total. The quantitative estimate of drug-likeness (QED) is 0.277. The largest absolute Gasteiger partial charge is 0.480 e. The number of hydrogen-bond acceptors (Lipinski definition) is 5. The molecule has 0 aliphatic heterocycles. The van der Waals surface area contributed by atoms with Crippen molar-refractivity contribution >= 4 is 30.6 Å². The van der Waals surface area contributed by atoms with Crippen molar-refractivity contribution < 1.29 is 14.5 Å². The Labute approximate surface area is 75.0 Å². The zero-order valence-corrected chi connectivity index (χ0v) is 7.57. The van der Waals surface area contributed by atoms with Gasteiger partial charge < -0.3 is 15.0 Å². The Morgan fingerprint density at radius 1 is 1.73 bits per heavy atom. The standard InChI is InChI=1S/C5H11NO3S2/c7-5(8)4(3-10)6-1-2-11-9/h4,6,9-10H,1-3H2,(H,7,8)/t4-/m0/s1. The van der Waals surface area contributed by atoms with Crippen LogP contribution in [0.4, 0.5) is 0 Å². The molecule has 1 atom stereocenters. The minimum Gasteiger partial charge on any atom is -0.480 e. The lowest BCUT2D eigenvalue weighted by atomic mass is 10.3. The third-order valence-corrected chi connectivity index (χ3v) is 1.82. The lowest BCUT2D eigenvalue weighted by molar-refractivity contribution is -0.138. The number of thiol groups is 1. The topological polar surface area (TPSA) is 69.6 Å². The Balaban J connectivity index is 3.44. The highest BCUT2D eigenvalue weighted by atomic mass is 32.2. The van der Waals surface area contributed by atoms with Crippen molar-refractivity contribution in [3.63, 3.8) is 0 Å². The summed E-state index contributed by atoms with van der Waals surface area (Å²) >= 11 is 4.53. The second-order valence-corrected chi connectivity index (χ2v) is 2.89. The van der Waals surface area contributed by atoms with E-state index in [4.69, 9.17) is 9.66 Å². The minimum absolute atomic E-state index is 0.255. The van der Waals surface area contributed by atoms with Gasteiger partial charge in [-0.05, 0) is 12.0 Å². The third kappa shape index (κ3) is 5.37. The number of carboxylic acids is 1. The van der Waals surface area contributed by atoms with Crippen LogP contribution in [0, 0.1) is 0 Å². The summed E-state index contributed by atoms with van der Waals surface area (Å²) in [6, 6.07) is -0.620. The lowest BCUT2D eigenvalue weighted by Gasteiger charge is -2.09. The van der Waals surface area contributed by atoms with Crippen molar-refractivity contribution in [1.29, 1.82) is 0 Å². The molecule has 0 fully saturated rings. The van der Waals surface area contributed by atoms with Gasteiger partial charge in [-0.25, -0.2) is 0 Å². The van der Waals surface area contributed by atoms with Crippen LogP contribution in [0.5, 0.6) is 0 Å². The van der Waals surface area contributed by atoms with Gasteiger partial charge >= 0.3 is 5.97 Å². The molecule has 0 saturated carbocycles. The van der Waals surface area contributed by atoms with Crippen LogP contribution in [-0.4, -0.2) is 39.7 Å². The van der Waals surface area contributed by atoms with Crippen molar-refractivity contribution in [2.45, 2.75) is 6.04 Å². The molecule has 0 aromatic carbocycles. The Kier molecular flexibility index (Phi) is 6.83. The molecule has 0 spiro atoms. The fourth-order valence-corrected chi connectivity index (χ4v) is 1.00. The first-order chi connectivity index (χ1) is 5.22. The highest BCUT2D eigenvalue weighted by Crippen LogP contribution is 1.91. The molecule has 0 saturated heterocycles. The van der Waals surface area contributed by atoms with Gasteiger partial charge in [0.25, 0.3) is 0 Å². The summed E-state index contributed by atoms with van der Waals surface area (Å²) in [5, 5.41) is 11.2. The smallest absolute Gasteiger partial charge is 0.321 e. The number of carbonyl (C=O) groups is 1. The second kappa shape index (κ2) is 6.78. The van der Waals surface area contributed by atoms with E-state index in [1.807, 2.05) is 0 Å². The number of aliphatic carboxylic acids is 1. The summed E-state index contributed by atoms with van der Waals surface area (Å²) < 4.78 is 8.30. The van der Waals surface area contributed by atoms with Gasteiger partial charge in [-0.3, -0.25) is 4.79 Å². The van der Waals surface area contributed by atoms with Crippen molar-refractivity contribution in [2.24, 2.45) is 0 Å². The van der Waals surface area contributed by atoms with E-state index in [2.05, 4.69) is 17.9 Å². The van der Waals surface area contributed by atoms with Crippen LogP contribution >= 0.6 is 24.7 Å². The minimum atomic E-state index is -0.914. The van der Waals surface area contributed by atoms with E-state index in [1.165, 1.54) is 0 Å². The van der Waals surface area contributed by atoms with Gasteiger partial charge in [0.05, 0.1) is 0 Å². The second-order valence-electron chi connectivity index (χ2n) is 1.86. The van der Waals surface area contributed by atoms with Crippen LogP contribution in [0.2, 0.25) is 0 Å². The number of nitrogens with one attached hydrogen (secondary N) is 1. The van der Waals surface area contributed by atoms with Gasteiger partial charge in [0.1, 0.15) is 6.04 Å². The molecular formula is C5H11NO3S2. The van der Waals surface area contributed by atoms with E-state index >= 15 is 0 Å². The fraction of sp³-hybridized carbons (Fsp3) is 0.800. The van der Waals surface area contributed by atoms with E-state index < -0.39 is 12.0 Å². The van der Waals surface area contributed by atoms with Crippen LogP contribution < -0.4 is 5.32 Å². The Morgan fingerprint density at radius 2 is 2.36 bits per heavy atom. The van der Waals surface area contributed by atoms with Gasteiger partial charge in [-0.2, -0.15) is 12.6 Å². The maximum absolute atomic E-state index is 10.3. The molecular weight excluding hydrogens is 186 g/mol. The molecule has 0 aliphatic carbocycles. The summed E-state index contributed by atoms with van der Waals surface area (Å²) in [5.41, 5.74) is 0. The normalized spacial score (nSPS) is 12.9. The van der Waals surface area contributed by atoms with Crippen LogP contribution in [0.15, 0.2) is 0 Å². The first-order valence-electron chi connectivity index (χ1n) is 3.05. The molecule has 0 aromatic heterocycles. The summed E-state index contributed by atoms with van der Waals surface area (Å²) in [6.07, 6.45) is 0. The zero-order chi connectivity index (χ0) is 8.69. The Hall–Kier alpha value is 0.0900. The number of carboxylic acid groups (broad SMARTS) is 1. The van der Waals surface area contributed by atoms with Crippen LogP contribution in [0.3, 0.4) is 0 Å². The molecule has 0 rings (SSSR count). The van der Waals surface area contributed by atoms with Crippen LogP contribution in [-0.2, 0) is 4.79 Å². The molecule has 3 N–H and O–H groups in total. The van der Waals surface area contributed by atoms with Crippen molar-refractivity contribution in [3.8, 4) is 0 Å². The van der Waals surface area contributed by atoms with Crippen molar-refractivity contribution in [1.82, 2.24) is 5.32 Å². The Morgan fingerprint density at radius 3 is 2.73 bits per heavy atom. The molecule has 0 heterocycles. The fourth-order valence-electron chi connectivity index (χ4n) is 0.509. The van der Waals surface area contributed by atoms with Crippen molar-refractivity contribution in [3.05, 3.63) is 0 Å². The highest BCUT2D eigenvalue weighted by molar-refractivity contribution is 7.93. The van der Waals surface area contributed by atoms with Crippen molar-refractivity contribution in [2.75, 3.05) is 18.1 Å². The van der Waals surface area contributed by atoms with Gasteiger partial charge in [-0.15, -0.1) is 0 Å².